The topological polar surface area (TPSA) is 44.0 Å². The van der Waals surface area contributed by atoms with Crippen molar-refractivity contribution in [2.75, 3.05) is 0 Å². The third kappa shape index (κ3) is 2.23. The predicted molar refractivity (Wildman–Crippen MR) is 96.0 cm³/mol. The molecule has 2 nitrogen and oxygen atoms in total. The number of fused-ring (bicyclic) bond motifs is 5. The van der Waals surface area contributed by atoms with E-state index in [9.17, 15) is 5.11 Å². The van der Waals surface area contributed by atoms with Gasteiger partial charge in [-0.05, 0) is 99.2 Å². The predicted octanol–water partition coefficient (Wildman–Crippen LogP) is 5.23. The summed E-state index contributed by atoms with van der Waals surface area (Å²) in [6.45, 7) is 7.05. The lowest BCUT2D eigenvalue weighted by Gasteiger charge is -2.61. The number of nitriles is 1. The quantitative estimate of drug-likeness (QED) is 0.619. The third-order valence-electron chi connectivity index (χ3n) is 9.04. The van der Waals surface area contributed by atoms with Crippen LogP contribution in [0.5, 0.6) is 0 Å². The number of hydrogen-bond acceptors (Lipinski definition) is 2. The number of hydrogen-bond donors (Lipinski definition) is 1. The van der Waals surface area contributed by atoms with E-state index in [0.29, 0.717) is 16.7 Å². The van der Waals surface area contributed by atoms with Gasteiger partial charge >= 0.3 is 0 Å². The van der Waals surface area contributed by atoms with Crippen molar-refractivity contribution in [3.8, 4) is 6.07 Å². The van der Waals surface area contributed by atoms with E-state index in [-0.39, 0.29) is 0 Å². The fourth-order valence-electron chi connectivity index (χ4n) is 7.59. The molecule has 4 aliphatic carbocycles. The molecule has 0 spiro atoms. The van der Waals surface area contributed by atoms with Gasteiger partial charge in [0.25, 0.3) is 0 Å². The number of aliphatic hydroxyl groups is 1. The first kappa shape index (κ1) is 16.6. The van der Waals surface area contributed by atoms with Crippen molar-refractivity contribution in [2.24, 2.45) is 34.5 Å². The maximum atomic E-state index is 10.6. The average Bonchev–Trinajstić information content (AvgIpc) is 2.85. The Morgan fingerprint density at radius 3 is 2.58 bits per heavy atom. The van der Waals surface area contributed by atoms with E-state index in [1.807, 2.05) is 13.0 Å². The summed E-state index contributed by atoms with van der Waals surface area (Å²) in [5, 5.41) is 19.7. The minimum Gasteiger partial charge on any atom is -0.390 e. The van der Waals surface area contributed by atoms with Gasteiger partial charge in [0.05, 0.1) is 11.7 Å². The monoisotopic (exact) mass is 327 g/mol. The second-order valence-electron chi connectivity index (χ2n) is 10.2. The van der Waals surface area contributed by atoms with Crippen LogP contribution in [0.1, 0.15) is 78.6 Å². The van der Waals surface area contributed by atoms with E-state index in [0.717, 1.165) is 37.0 Å². The van der Waals surface area contributed by atoms with Crippen molar-refractivity contribution in [3.05, 3.63) is 11.6 Å². The van der Waals surface area contributed by atoms with E-state index >= 15 is 0 Å². The number of nitrogens with zero attached hydrogens (tertiary/aromatic N) is 1. The summed E-state index contributed by atoms with van der Waals surface area (Å²) < 4.78 is 0. The average molecular weight is 328 g/mol. The molecule has 4 fully saturated rings. The second kappa shape index (κ2) is 5.34. The summed E-state index contributed by atoms with van der Waals surface area (Å²) in [7, 11) is 0. The van der Waals surface area contributed by atoms with Gasteiger partial charge in [0, 0.05) is 6.08 Å². The Morgan fingerprint density at radius 1 is 1.04 bits per heavy atom. The van der Waals surface area contributed by atoms with E-state index in [1.54, 1.807) is 0 Å². The lowest BCUT2D eigenvalue weighted by atomic mass is 9.44. The molecule has 0 saturated heterocycles. The van der Waals surface area contributed by atoms with Crippen LogP contribution in [0.15, 0.2) is 11.6 Å². The molecule has 0 radical (unpaired) electrons. The minimum absolute atomic E-state index is 0.292. The van der Waals surface area contributed by atoms with E-state index in [4.69, 9.17) is 5.26 Å². The van der Waals surface area contributed by atoms with Crippen molar-refractivity contribution in [3.63, 3.8) is 0 Å². The Hall–Kier alpha value is -0.810. The molecule has 132 valence electrons. The molecular weight excluding hydrogens is 294 g/mol. The van der Waals surface area contributed by atoms with Gasteiger partial charge < -0.3 is 5.11 Å². The molecule has 1 N–H and O–H groups in total. The first-order chi connectivity index (χ1) is 11.3. The van der Waals surface area contributed by atoms with Crippen LogP contribution >= 0.6 is 0 Å². The third-order valence-corrected chi connectivity index (χ3v) is 9.04. The molecule has 0 amide bonds. The zero-order valence-electron chi connectivity index (χ0n) is 15.6. The summed E-state index contributed by atoms with van der Waals surface area (Å²) in [6.07, 6.45) is 12.7. The van der Waals surface area contributed by atoms with Crippen LogP contribution in [0, 0.1) is 45.8 Å². The Balaban J connectivity index is 1.62. The number of allylic oxidation sites excluding steroid dienone is 2. The van der Waals surface area contributed by atoms with E-state index in [1.165, 1.54) is 44.1 Å². The van der Waals surface area contributed by atoms with Gasteiger partial charge in [-0.15, -0.1) is 0 Å². The van der Waals surface area contributed by atoms with Crippen molar-refractivity contribution >= 4 is 0 Å². The zero-order chi connectivity index (χ0) is 17.2. The summed E-state index contributed by atoms with van der Waals surface area (Å²) in [5.74, 6) is 3.18. The van der Waals surface area contributed by atoms with Gasteiger partial charge in [-0.3, -0.25) is 0 Å². The van der Waals surface area contributed by atoms with Crippen molar-refractivity contribution < 1.29 is 5.11 Å². The van der Waals surface area contributed by atoms with Crippen molar-refractivity contribution in [2.45, 2.75) is 84.2 Å². The molecule has 0 bridgehead atoms. The summed E-state index contributed by atoms with van der Waals surface area (Å²) in [4.78, 5) is 0. The van der Waals surface area contributed by atoms with Crippen LogP contribution in [0.2, 0.25) is 0 Å². The van der Waals surface area contributed by atoms with Crippen molar-refractivity contribution in [1.82, 2.24) is 0 Å². The molecule has 24 heavy (non-hydrogen) atoms. The second-order valence-corrected chi connectivity index (χ2v) is 10.2. The Kier molecular flexibility index (Phi) is 3.70. The highest BCUT2D eigenvalue weighted by atomic mass is 16.3. The van der Waals surface area contributed by atoms with E-state index < -0.39 is 5.60 Å². The van der Waals surface area contributed by atoms with Gasteiger partial charge in [0.15, 0.2) is 0 Å². The van der Waals surface area contributed by atoms with Gasteiger partial charge in [-0.25, -0.2) is 0 Å². The van der Waals surface area contributed by atoms with Gasteiger partial charge in [0.2, 0.25) is 0 Å². The molecule has 0 aliphatic heterocycles. The molecule has 7 atom stereocenters. The fraction of sp³-hybridized carbons (Fsp3) is 0.864. The molecule has 0 aromatic carbocycles. The first-order valence-corrected chi connectivity index (χ1v) is 10.1. The normalized spacial score (nSPS) is 55.4. The number of rotatable bonds is 0. The lowest BCUT2D eigenvalue weighted by Crippen LogP contribution is -2.55. The van der Waals surface area contributed by atoms with E-state index in [2.05, 4.69) is 19.9 Å². The van der Waals surface area contributed by atoms with Crippen molar-refractivity contribution in [1.29, 1.82) is 5.26 Å². The molecule has 4 rings (SSSR count). The maximum Gasteiger partial charge on any atom is 0.0911 e. The van der Waals surface area contributed by atoms with Crippen LogP contribution in [-0.4, -0.2) is 10.7 Å². The smallest absolute Gasteiger partial charge is 0.0911 e. The van der Waals surface area contributed by atoms with Crippen LogP contribution < -0.4 is 0 Å². The Morgan fingerprint density at radius 2 is 1.83 bits per heavy atom. The highest BCUT2D eigenvalue weighted by Crippen LogP contribution is 2.67. The molecular formula is C22H33NO. The molecule has 0 aromatic heterocycles. The molecule has 0 heterocycles. The highest BCUT2D eigenvalue weighted by Gasteiger charge is 2.59. The van der Waals surface area contributed by atoms with Crippen LogP contribution in [0.3, 0.4) is 0 Å². The molecule has 0 unspecified atom stereocenters. The molecule has 4 aliphatic rings. The lowest BCUT2D eigenvalue weighted by molar-refractivity contribution is -0.139. The Bertz CT molecular complexity index is 600. The van der Waals surface area contributed by atoms with Crippen LogP contribution in [0.4, 0.5) is 0 Å². The minimum atomic E-state index is -0.434. The van der Waals surface area contributed by atoms with Gasteiger partial charge in [-0.1, -0.05) is 19.4 Å². The highest BCUT2D eigenvalue weighted by molar-refractivity contribution is 5.28. The first-order valence-electron chi connectivity index (χ1n) is 10.1. The zero-order valence-corrected chi connectivity index (χ0v) is 15.6. The SMILES string of the molecule is C[C@@]1(O)CC[C@@]2(C)[C@@H](CC[C@@H]3[C@@H]2CC[C@]2(C)/C(=C\C#N)CC[C@@H]32)C1. The largest absolute Gasteiger partial charge is 0.390 e. The molecule has 2 heteroatoms. The Labute approximate surface area is 147 Å². The summed E-state index contributed by atoms with van der Waals surface area (Å²) in [6, 6.07) is 2.31. The summed E-state index contributed by atoms with van der Waals surface area (Å²) >= 11 is 0. The van der Waals surface area contributed by atoms with Gasteiger partial charge in [0.1, 0.15) is 0 Å². The summed E-state index contributed by atoms with van der Waals surface area (Å²) in [5.41, 5.74) is 1.73. The standard InChI is InChI=1S/C22H33NO/c1-20(24)11-12-22(3)16(14-20)4-6-17-18-7-5-15(9-13-23)21(18,2)10-8-19(17)22/h9,16-19,24H,4-8,10-12,14H2,1-3H3/b15-9-/t16-,17-,18-,19-,20+,21+,22-/m0/s1. The molecule has 4 saturated carbocycles. The van der Waals surface area contributed by atoms with Crippen LogP contribution in [-0.2, 0) is 0 Å². The maximum absolute atomic E-state index is 10.6. The van der Waals surface area contributed by atoms with Crippen LogP contribution in [0.25, 0.3) is 0 Å². The molecule has 0 aromatic rings. The fourth-order valence-corrected chi connectivity index (χ4v) is 7.59. The van der Waals surface area contributed by atoms with Gasteiger partial charge in [-0.2, -0.15) is 5.26 Å².